The van der Waals surface area contributed by atoms with Crippen molar-refractivity contribution in [3.05, 3.63) is 5.89 Å². The zero-order chi connectivity index (χ0) is 16.4. The summed E-state index contributed by atoms with van der Waals surface area (Å²) in [6.07, 6.45) is 0.330. The molecule has 0 fully saturated rings. The molecule has 0 saturated heterocycles. The summed E-state index contributed by atoms with van der Waals surface area (Å²) >= 11 is 0. The fourth-order valence-corrected chi connectivity index (χ4v) is 1.87. The standard InChI is InChI=1S/C12H21N3O5S/c1-7(2)8(13-10(16)20-12(3,4)5)9-14-15-11(19-9)21(6,17)18/h7-8H,1-6H3,(H,13,16)/t8-/m1/s1. The zero-order valence-corrected chi connectivity index (χ0v) is 13.8. The van der Waals surface area contributed by atoms with Gasteiger partial charge in [0.2, 0.25) is 15.7 Å². The average Bonchev–Trinajstić information content (AvgIpc) is 2.71. The molecule has 9 heteroatoms. The first-order chi connectivity index (χ1) is 9.40. The van der Waals surface area contributed by atoms with Gasteiger partial charge in [-0.15, -0.1) is 5.10 Å². The molecule has 1 amide bonds. The quantitative estimate of drug-likeness (QED) is 0.898. The number of sulfone groups is 1. The molecule has 0 unspecified atom stereocenters. The van der Waals surface area contributed by atoms with Gasteiger partial charge < -0.3 is 14.5 Å². The molecule has 0 bridgehead atoms. The fourth-order valence-electron chi connectivity index (χ4n) is 1.44. The summed E-state index contributed by atoms with van der Waals surface area (Å²) in [5.74, 6) is -0.0679. The smallest absolute Gasteiger partial charge is 0.408 e. The predicted octanol–water partition coefficient (Wildman–Crippen LogP) is 1.69. The monoisotopic (exact) mass is 319 g/mol. The second kappa shape index (κ2) is 6.00. The van der Waals surface area contributed by atoms with E-state index in [1.54, 1.807) is 20.8 Å². The Hall–Kier alpha value is -1.64. The molecule has 1 aromatic heterocycles. The number of hydrogen-bond donors (Lipinski definition) is 1. The van der Waals surface area contributed by atoms with Crippen molar-refractivity contribution in [1.29, 1.82) is 0 Å². The van der Waals surface area contributed by atoms with Crippen molar-refractivity contribution in [2.45, 2.75) is 51.5 Å². The molecule has 120 valence electrons. The molecule has 8 nitrogen and oxygen atoms in total. The first-order valence-electron chi connectivity index (χ1n) is 6.43. The highest BCUT2D eigenvalue weighted by Gasteiger charge is 2.28. The van der Waals surface area contributed by atoms with E-state index in [4.69, 9.17) is 9.15 Å². The van der Waals surface area contributed by atoms with Gasteiger partial charge in [-0.25, -0.2) is 13.2 Å². The minimum absolute atomic E-state index is 0.0243. The van der Waals surface area contributed by atoms with Gasteiger partial charge >= 0.3 is 11.3 Å². The molecule has 0 saturated carbocycles. The third-order valence-corrected chi connectivity index (χ3v) is 3.14. The Balaban J connectivity index is 2.93. The number of carbonyl (C=O) groups is 1. The Kier molecular flexibility index (Phi) is 4.98. The molecular weight excluding hydrogens is 298 g/mol. The van der Waals surface area contributed by atoms with Crippen molar-refractivity contribution in [1.82, 2.24) is 15.5 Å². The summed E-state index contributed by atoms with van der Waals surface area (Å²) in [5, 5.41) is 9.29. The highest BCUT2D eigenvalue weighted by Crippen LogP contribution is 2.22. The highest BCUT2D eigenvalue weighted by atomic mass is 32.2. The Morgan fingerprint density at radius 3 is 2.24 bits per heavy atom. The number of aromatic nitrogens is 2. The summed E-state index contributed by atoms with van der Waals surface area (Å²) in [5.41, 5.74) is -0.641. The molecule has 1 atom stereocenters. The molecule has 1 aromatic rings. The van der Waals surface area contributed by atoms with Crippen molar-refractivity contribution in [3.63, 3.8) is 0 Å². The topological polar surface area (TPSA) is 111 Å². The summed E-state index contributed by atoms with van der Waals surface area (Å²) in [4.78, 5) is 11.8. The number of rotatable bonds is 4. The molecule has 0 aliphatic carbocycles. The van der Waals surface area contributed by atoms with Crippen LogP contribution in [0.2, 0.25) is 0 Å². The SMILES string of the molecule is CC(C)[C@@H](NC(=O)OC(C)(C)C)c1nnc(S(C)(=O)=O)o1. The first-order valence-corrected chi connectivity index (χ1v) is 8.32. The van der Waals surface area contributed by atoms with Gasteiger partial charge in [-0.3, -0.25) is 0 Å². The number of ether oxygens (including phenoxy) is 1. The number of amides is 1. The maximum absolute atomic E-state index is 11.8. The second-order valence-corrected chi connectivity index (χ2v) is 7.94. The number of alkyl carbamates (subject to hydrolysis) is 1. The van der Waals surface area contributed by atoms with E-state index in [0.29, 0.717) is 0 Å². The number of nitrogens with one attached hydrogen (secondary N) is 1. The van der Waals surface area contributed by atoms with Crippen LogP contribution in [-0.4, -0.2) is 36.6 Å². The minimum Gasteiger partial charge on any atom is -0.444 e. The zero-order valence-electron chi connectivity index (χ0n) is 13.0. The summed E-state index contributed by atoms with van der Waals surface area (Å²) in [7, 11) is -3.58. The van der Waals surface area contributed by atoms with Gasteiger partial charge in [0.05, 0.1) is 0 Å². The highest BCUT2D eigenvalue weighted by molar-refractivity contribution is 7.90. The fraction of sp³-hybridized carbons (Fsp3) is 0.750. The van der Waals surface area contributed by atoms with Crippen LogP contribution in [-0.2, 0) is 14.6 Å². The molecule has 0 aliphatic heterocycles. The molecular formula is C12H21N3O5S. The maximum Gasteiger partial charge on any atom is 0.408 e. The molecule has 0 aromatic carbocycles. The van der Waals surface area contributed by atoms with E-state index >= 15 is 0 Å². The maximum atomic E-state index is 11.8. The van der Waals surface area contributed by atoms with Gasteiger partial charge in [0, 0.05) is 6.26 Å². The van der Waals surface area contributed by atoms with E-state index in [1.807, 2.05) is 13.8 Å². The van der Waals surface area contributed by atoms with Crippen molar-refractivity contribution in [2.24, 2.45) is 5.92 Å². The van der Waals surface area contributed by atoms with E-state index in [-0.39, 0.29) is 11.8 Å². The molecule has 1 rings (SSSR count). The van der Waals surface area contributed by atoms with Crippen LogP contribution >= 0.6 is 0 Å². The number of hydrogen-bond acceptors (Lipinski definition) is 7. The van der Waals surface area contributed by atoms with Gasteiger partial charge in [-0.2, -0.15) is 0 Å². The van der Waals surface area contributed by atoms with E-state index in [1.165, 1.54) is 0 Å². The molecule has 1 N–H and O–H groups in total. The largest absolute Gasteiger partial charge is 0.444 e. The summed E-state index contributed by atoms with van der Waals surface area (Å²) < 4.78 is 33.0. The van der Waals surface area contributed by atoms with Gasteiger partial charge in [0.25, 0.3) is 0 Å². The second-order valence-electron chi connectivity index (χ2n) is 6.05. The lowest BCUT2D eigenvalue weighted by molar-refractivity contribution is 0.0477. The van der Waals surface area contributed by atoms with Gasteiger partial charge in [-0.1, -0.05) is 18.9 Å². The normalized spacial score (nSPS) is 14.0. The predicted molar refractivity (Wildman–Crippen MR) is 74.4 cm³/mol. The lowest BCUT2D eigenvalue weighted by Gasteiger charge is -2.23. The van der Waals surface area contributed by atoms with Crippen LogP contribution in [0.5, 0.6) is 0 Å². The van der Waals surface area contributed by atoms with Crippen LogP contribution in [0.3, 0.4) is 0 Å². The van der Waals surface area contributed by atoms with Gasteiger partial charge in [0.15, 0.2) is 0 Å². The Bertz CT molecular complexity index is 601. The summed E-state index contributed by atoms with van der Waals surface area (Å²) in [6.45, 7) is 8.88. The van der Waals surface area contributed by atoms with E-state index < -0.39 is 32.8 Å². The molecule has 21 heavy (non-hydrogen) atoms. The molecule has 0 radical (unpaired) electrons. The van der Waals surface area contributed by atoms with E-state index in [2.05, 4.69) is 15.5 Å². The van der Waals surface area contributed by atoms with Crippen molar-refractivity contribution < 1.29 is 22.4 Å². The van der Waals surface area contributed by atoms with Crippen LogP contribution in [0.25, 0.3) is 0 Å². The van der Waals surface area contributed by atoms with Crippen molar-refractivity contribution in [3.8, 4) is 0 Å². The van der Waals surface area contributed by atoms with Crippen LogP contribution < -0.4 is 5.32 Å². The Morgan fingerprint density at radius 2 is 1.86 bits per heavy atom. The van der Waals surface area contributed by atoms with Crippen LogP contribution in [0.1, 0.15) is 46.6 Å². The third kappa shape index (κ3) is 5.33. The minimum atomic E-state index is -3.58. The molecule has 1 heterocycles. The van der Waals surface area contributed by atoms with Gasteiger partial charge in [0.1, 0.15) is 11.6 Å². The van der Waals surface area contributed by atoms with Crippen LogP contribution in [0.4, 0.5) is 4.79 Å². The Morgan fingerprint density at radius 1 is 1.29 bits per heavy atom. The van der Waals surface area contributed by atoms with Crippen molar-refractivity contribution in [2.75, 3.05) is 6.26 Å². The van der Waals surface area contributed by atoms with E-state index in [0.717, 1.165) is 6.26 Å². The lowest BCUT2D eigenvalue weighted by Crippen LogP contribution is -2.37. The number of carbonyl (C=O) groups excluding carboxylic acids is 1. The van der Waals surface area contributed by atoms with Crippen LogP contribution in [0, 0.1) is 5.92 Å². The van der Waals surface area contributed by atoms with Crippen LogP contribution in [0.15, 0.2) is 9.64 Å². The summed E-state index contributed by atoms with van der Waals surface area (Å²) in [6, 6.07) is -0.636. The molecule has 0 spiro atoms. The first kappa shape index (κ1) is 17.4. The average molecular weight is 319 g/mol. The molecule has 0 aliphatic rings. The third-order valence-electron chi connectivity index (χ3n) is 2.34. The van der Waals surface area contributed by atoms with E-state index in [9.17, 15) is 13.2 Å². The Labute approximate surface area is 124 Å². The number of nitrogens with zero attached hydrogens (tertiary/aromatic N) is 2. The van der Waals surface area contributed by atoms with Gasteiger partial charge in [-0.05, 0) is 26.7 Å². The van der Waals surface area contributed by atoms with Crippen molar-refractivity contribution >= 4 is 15.9 Å². The lowest BCUT2D eigenvalue weighted by atomic mass is 10.1.